The molecule has 1 aromatic rings. The van der Waals surface area contributed by atoms with Gasteiger partial charge in [0.25, 0.3) is 5.91 Å². The molecule has 1 fully saturated rings. The number of carbonyl (C=O) groups is 1. The molecule has 2 rings (SSSR count). The molecular formula is C13H20ClN3O. The van der Waals surface area contributed by atoms with Gasteiger partial charge in [0.15, 0.2) is 0 Å². The molecule has 0 aliphatic heterocycles. The number of H-pyrrole nitrogens is 1. The molecule has 0 aromatic carbocycles. The second kappa shape index (κ2) is 5.31. The van der Waals surface area contributed by atoms with E-state index >= 15 is 0 Å². The van der Waals surface area contributed by atoms with Gasteiger partial charge in [-0.2, -0.15) is 5.10 Å². The minimum absolute atomic E-state index is 0.0731. The summed E-state index contributed by atoms with van der Waals surface area (Å²) < 4.78 is 0. The van der Waals surface area contributed by atoms with Gasteiger partial charge >= 0.3 is 0 Å². The highest BCUT2D eigenvalue weighted by Crippen LogP contribution is 2.33. The molecule has 1 saturated carbocycles. The molecule has 5 heteroatoms. The first-order valence-electron chi connectivity index (χ1n) is 6.45. The van der Waals surface area contributed by atoms with Gasteiger partial charge in [0, 0.05) is 11.6 Å². The molecule has 1 heterocycles. The fourth-order valence-electron chi connectivity index (χ4n) is 2.82. The van der Waals surface area contributed by atoms with Gasteiger partial charge in [-0.25, -0.2) is 0 Å². The van der Waals surface area contributed by atoms with Crippen molar-refractivity contribution in [3.05, 3.63) is 17.5 Å². The first-order valence-corrected chi connectivity index (χ1v) is 6.98. The van der Waals surface area contributed by atoms with Crippen LogP contribution in [-0.2, 0) is 0 Å². The van der Waals surface area contributed by atoms with Crippen molar-refractivity contribution < 1.29 is 4.79 Å². The van der Waals surface area contributed by atoms with Crippen LogP contribution in [0.5, 0.6) is 0 Å². The predicted octanol–water partition coefficient (Wildman–Crippen LogP) is 2.64. The number of hydrogen-bond donors (Lipinski definition) is 2. The molecule has 2 unspecified atom stereocenters. The summed E-state index contributed by atoms with van der Waals surface area (Å²) in [5, 5.41) is 9.79. The summed E-state index contributed by atoms with van der Waals surface area (Å²) >= 11 is 6.11. The summed E-state index contributed by atoms with van der Waals surface area (Å²) in [7, 11) is 0. The number of halogens is 1. The molecule has 1 amide bonds. The lowest BCUT2D eigenvalue weighted by Gasteiger charge is -2.39. The van der Waals surface area contributed by atoms with Crippen LogP contribution in [-0.4, -0.2) is 27.5 Å². The van der Waals surface area contributed by atoms with Gasteiger partial charge in [-0.15, -0.1) is 11.6 Å². The zero-order valence-electron chi connectivity index (χ0n) is 10.9. The van der Waals surface area contributed by atoms with Crippen LogP contribution in [0.2, 0.25) is 0 Å². The van der Waals surface area contributed by atoms with Gasteiger partial charge in [0.2, 0.25) is 0 Å². The van der Waals surface area contributed by atoms with Gasteiger partial charge in [-0.3, -0.25) is 9.89 Å². The SMILES string of the molecule is Cc1[nH]ncc1C(=O)NC1(CCl)CCCC(C)C1. The number of aryl methyl sites for hydroxylation is 1. The van der Waals surface area contributed by atoms with Gasteiger partial charge in [-0.1, -0.05) is 19.8 Å². The number of rotatable bonds is 3. The third-order valence-corrected chi connectivity index (χ3v) is 4.31. The third kappa shape index (κ3) is 2.69. The Morgan fingerprint density at radius 2 is 2.50 bits per heavy atom. The molecule has 18 heavy (non-hydrogen) atoms. The van der Waals surface area contributed by atoms with E-state index in [4.69, 9.17) is 11.6 Å². The van der Waals surface area contributed by atoms with Crippen molar-refractivity contribution >= 4 is 17.5 Å². The monoisotopic (exact) mass is 269 g/mol. The standard InChI is InChI=1S/C13H20ClN3O/c1-9-4-3-5-13(6-9,8-14)16-12(18)11-7-15-17-10(11)2/h7,9H,3-6,8H2,1-2H3,(H,15,17)(H,16,18). The van der Waals surface area contributed by atoms with Crippen LogP contribution in [0.3, 0.4) is 0 Å². The van der Waals surface area contributed by atoms with Crippen molar-refractivity contribution in [2.75, 3.05) is 5.88 Å². The van der Waals surface area contributed by atoms with Gasteiger partial charge < -0.3 is 5.32 Å². The maximum absolute atomic E-state index is 12.2. The Morgan fingerprint density at radius 1 is 1.72 bits per heavy atom. The molecule has 0 bridgehead atoms. The van der Waals surface area contributed by atoms with E-state index in [0.717, 1.165) is 25.0 Å². The first kappa shape index (κ1) is 13.4. The number of alkyl halides is 1. The van der Waals surface area contributed by atoms with Gasteiger partial charge in [0.1, 0.15) is 0 Å². The zero-order chi connectivity index (χ0) is 13.2. The van der Waals surface area contributed by atoms with E-state index in [0.29, 0.717) is 17.4 Å². The van der Waals surface area contributed by atoms with E-state index in [1.807, 2.05) is 6.92 Å². The third-order valence-electron chi connectivity index (χ3n) is 3.80. The largest absolute Gasteiger partial charge is 0.345 e. The lowest BCUT2D eigenvalue weighted by Crippen LogP contribution is -2.52. The molecule has 2 atom stereocenters. The Hall–Kier alpha value is -1.03. The van der Waals surface area contributed by atoms with E-state index in [1.165, 1.54) is 6.42 Å². The van der Waals surface area contributed by atoms with E-state index < -0.39 is 0 Å². The minimum atomic E-state index is -0.250. The maximum Gasteiger partial charge on any atom is 0.255 e. The Kier molecular flexibility index (Phi) is 3.95. The molecule has 1 aliphatic carbocycles. The van der Waals surface area contributed by atoms with Crippen LogP contribution < -0.4 is 5.32 Å². The van der Waals surface area contributed by atoms with Gasteiger partial charge in [0.05, 0.1) is 17.3 Å². The molecule has 100 valence electrons. The summed E-state index contributed by atoms with van der Waals surface area (Å²) in [5.74, 6) is 1.01. The Bertz CT molecular complexity index is 432. The fraction of sp³-hybridized carbons (Fsp3) is 0.692. The van der Waals surface area contributed by atoms with Crippen LogP contribution >= 0.6 is 11.6 Å². The average Bonchev–Trinajstić information content (AvgIpc) is 2.75. The Labute approximate surface area is 112 Å². The predicted molar refractivity (Wildman–Crippen MR) is 71.9 cm³/mol. The molecular weight excluding hydrogens is 250 g/mol. The van der Waals surface area contributed by atoms with Crippen molar-refractivity contribution in [3.63, 3.8) is 0 Å². The Morgan fingerprint density at radius 3 is 3.06 bits per heavy atom. The summed E-state index contributed by atoms with van der Waals surface area (Å²) in [6, 6.07) is 0. The summed E-state index contributed by atoms with van der Waals surface area (Å²) in [4.78, 5) is 12.2. The van der Waals surface area contributed by atoms with Crippen LogP contribution in [0, 0.1) is 12.8 Å². The van der Waals surface area contributed by atoms with E-state index in [-0.39, 0.29) is 11.4 Å². The number of hydrogen-bond acceptors (Lipinski definition) is 2. The minimum Gasteiger partial charge on any atom is -0.345 e. The smallest absolute Gasteiger partial charge is 0.255 e. The number of nitrogens with one attached hydrogen (secondary N) is 2. The summed E-state index contributed by atoms with van der Waals surface area (Å²) in [6.45, 7) is 4.06. The highest BCUT2D eigenvalue weighted by molar-refractivity contribution is 6.19. The zero-order valence-corrected chi connectivity index (χ0v) is 11.7. The molecule has 1 aromatic heterocycles. The molecule has 4 nitrogen and oxygen atoms in total. The highest BCUT2D eigenvalue weighted by atomic mass is 35.5. The van der Waals surface area contributed by atoms with Crippen molar-refractivity contribution in [1.29, 1.82) is 0 Å². The highest BCUT2D eigenvalue weighted by Gasteiger charge is 2.36. The van der Waals surface area contributed by atoms with E-state index in [1.54, 1.807) is 6.20 Å². The number of amides is 1. The number of nitrogens with zero attached hydrogens (tertiary/aromatic N) is 1. The van der Waals surface area contributed by atoms with Crippen LogP contribution in [0.1, 0.15) is 48.7 Å². The van der Waals surface area contributed by atoms with Crippen molar-refractivity contribution in [2.45, 2.75) is 45.1 Å². The van der Waals surface area contributed by atoms with E-state index in [9.17, 15) is 4.79 Å². The topological polar surface area (TPSA) is 57.8 Å². The Balaban J connectivity index is 2.11. The van der Waals surface area contributed by atoms with Gasteiger partial charge in [-0.05, 0) is 25.7 Å². The number of aromatic nitrogens is 2. The summed E-state index contributed by atoms with van der Waals surface area (Å²) in [5.41, 5.74) is 1.15. The molecule has 0 spiro atoms. The number of carbonyl (C=O) groups excluding carboxylic acids is 1. The van der Waals surface area contributed by atoms with Crippen molar-refractivity contribution in [1.82, 2.24) is 15.5 Å². The van der Waals surface area contributed by atoms with Crippen LogP contribution in [0.15, 0.2) is 6.20 Å². The van der Waals surface area contributed by atoms with Crippen molar-refractivity contribution in [3.8, 4) is 0 Å². The fourth-order valence-corrected chi connectivity index (χ4v) is 3.13. The average molecular weight is 270 g/mol. The summed E-state index contributed by atoms with van der Waals surface area (Å²) in [6.07, 6.45) is 5.83. The lowest BCUT2D eigenvalue weighted by atomic mass is 9.77. The normalized spacial score (nSPS) is 28.1. The lowest BCUT2D eigenvalue weighted by molar-refractivity contribution is 0.0867. The maximum atomic E-state index is 12.2. The second-order valence-corrected chi connectivity index (χ2v) is 5.75. The molecule has 0 saturated heterocycles. The van der Waals surface area contributed by atoms with Crippen molar-refractivity contribution in [2.24, 2.45) is 5.92 Å². The number of aromatic amines is 1. The molecule has 2 N–H and O–H groups in total. The molecule has 0 radical (unpaired) electrons. The second-order valence-electron chi connectivity index (χ2n) is 5.48. The van der Waals surface area contributed by atoms with Crippen LogP contribution in [0.4, 0.5) is 0 Å². The first-order chi connectivity index (χ1) is 8.56. The van der Waals surface area contributed by atoms with E-state index in [2.05, 4.69) is 22.4 Å². The van der Waals surface area contributed by atoms with Crippen LogP contribution in [0.25, 0.3) is 0 Å². The quantitative estimate of drug-likeness (QED) is 0.829. The molecule has 1 aliphatic rings.